The van der Waals surface area contributed by atoms with Gasteiger partial charge >= 0.3 is 0 Å². The van der Waals surface area contributed by atoms with Crippen molar-refractivity contribution in [2.75, 3.05) is 40.9 Å². The van der Waals surface area contributed by atoms with Gasteiger partial charge in [0.15, 0.2) is 0 Å². The number of aliphatic hydroxyl groups excluding tert-OH is 1. The second kappa shape index (κ2) is 68.3. The van der Waals surface area contributed by atoms with Crippen LogP contribution in [0, 0.1) is 0 Å². The highest BCUT2D eigenvalue weighted by molar-refractivity contribution is 7.45. The Bertz CT molecular complexity index is 1650. The minimum absolute atomic E-state index is 0.0125. The van der Waals surface area contributed by atoms with Crippen molar-refractivity contribution in [3.8, 4) is 0 Å². The topological polar surface area (TPSA) is 108 Å². The van der Waals surface area contributed by atoms with Gasteiger partial charge in [-0.05, 0) is 64.2 Å². The number of phosphoric ester groups is 1. The lowest BCUT2D eigenvalue weighted by atomic mass is 10.0. The lowest BCUT2D eigenvalue weighted by Crippen LogP contribution is -2.46. The fraction of sp³-hybridized carbons (Fsp3) is 0.833. The van der Waals surface area contributed by atoms with Crippen LogP contribution in [0.1, 0.15) is 367 Å². The average molecular weight is 1240 g/mol. The van der Waals surface area contributed by atoms with Gasteiger partial charge in [-0.15, -0.1) is 0 Å². The highest BCUT2D eigenvalue weighted by Gasteiger charge is 2.24. The van der Waals surface area contributed by atoms with Crippen molar-refractivity contribution in [3.63, 3.8) is 0 Å². The lowest BCUT2D eigenvalue weighted by Gasteiger charge is -2.30. The molecule has 87 heavy (non-hydrogen) atoms. The highest BCUT2D eigenvalue weighted by Crippen LogP contribution is 2.38. The summed E-state index contributed by atoms with van der Waals surface area (Å²) in [6.07, 6.45) is 95.7. The molecule has 9 heteroatoms. The van der Waals surface area contributed by atoms with Gasteiger partial charge in [0.25, 0.3) is 7.82 Å². The fourth-order valence-corrected chi connectivity index (χ4v) is 12.1. The molecule has 0 saturated heterocycles. The van der Waals surface area contributed by atoms with Crippen molar-refractivity contribution >= 4 is 13.7 Å². The zero-order valence-corrected chi connectivity index (χ0v) is 59.4. The summed E-state index contributed by atoms with van der Waals surface area (Å²) in [6.45, 7) is 4.66. The second-order valence-electron chi connectivity index (χ2n) is 27.0. The van der Waals surface area contributed by atoms with Crippen LogP contribution in [0.5, 0.6) is 0 Å². The summed E-state index contributed by atoms with van der Waals surface area (Å²) in [4.78, 5) is 25.7. The number of allylic oxidation sites excluding steroid dienone is 12. The van der Waals surface area contributed by atoms with Crippen LogP contribution in [0.15, 0.2) is 72.9 Å². The Balaban J connectivity index is 3.97. The smallest absolute Gasteiger partial charge is 0.268 e. The van der Waals surface area contributed by atoms with E-state index in [1.165, 1.54) is 263 Å². The molecule has 0 aromatic rings. The predicted molar refractivity (Wildman–Crippen MR) is 380 cm³/mol. The number of carbonyl (C=O) groups is 1. The Kier molecular flexibility index (Phi) is 66.7. The molecule has 0 aliphatic heterocycles. The molecule has 3 unspecified atom stereocenters. The maximum Gasteiger partial charge on any atom is 0.268 e. The Hall–Kier alpha value is -2.06. The minimum atomic E-state index is -4.58. The molecule has 0 spiro atoms. The normalized spacial score (nSPS) is 14.0. The molecule has 0 aromatic carbocycles. The van der Waals surface area contributed by atoms with E-state index < -0.39 is 20.0 Å². The monoisotopic (exact) mass is 1240 g/mol. The number of carbonyl (C=O) groups excluding carboxylic acids is 1. The number of aliphatic hydroxyl groups is 1. The molecule has 0 rings (SSSR count). The van der Waals surface area contributed by atoms with Gasteiger partial charge in [-0.25, -0.2) is 0 Å². The molecule has 1 amide bonds. The van der Waals surface area contributed by atoms with E-state index in [4.69, 9.17) is 9.05 Å². The standard InChI is InChI=1S/C78H147N2O6P/c1-6-8-10-12-14-16-18-20-22-24-26-28-30-32-34-36-37-38-39-40-41-42-43-44-46-48-50-52-54-56-58-60-62-64-66-68-70-72-78(82)79-76(75-86-87(83,84)85-74-73-80(3,4)5)77(81)71-69-67-65-63-61-59-57-55-53-51-49-47-45-35-33-31-29-27-25-23-21-19-17-15-13-11-9-7-2/h8,10,14,16,20,22,26,28,32,34,37-38,76-77,81H,6-7,9,11-13,15,17-19,21,23-25,27,29-31,33,35-36,39-75H2,1-5H3,(H-,79,82,83,84)/b10-8-,16-14-,22-20-,28-26-,34-32-,38-37-. The number of nitrogens with one attached hydrogen (secondary N) is 1. The molecule has 0 aromatic heterocycles. The molecular weight excluding hydrogens is 1090 g/mol. The van der Waals surface area contributed by atoms with Gasteiger partial charge in [0, 0.05) is 6.42 Å². The van der Waals surface area contributed by atoms with E-state index in [0.29, 0.717) is 23.9 Å². The molecule has 0 bridgehead atoms. The number of rotatable bonds is 70. The van der Waals surface area contributed by atoms with Crippen LogP contribution in [0.4, 0.5) is 0 Å². The third-order valence-electron chi connectivity index (χ3n) is 17.2. The second-order valence-corrected chi connectivity index (χ2v) is 28.4. The van der Waals surface area contributed by atoms with Crippen LogP contribution in [-0.4, -0.2) is 68.5 Å². The number of hydrogen-bond acceptors (Lipinski definition) is 6. The number of amides is 1. The fourth-order valence-electron chi connectivity index (χ4n) is 11.4. The Morgan fingerprint density at radius 1 is 0.414 bits per heavy atom. The van der Waals surface area contributed by atoms with Crippen molar-refractivity contribution in [2.24, 2.45) is 0 Å². The van der Waals surface area contributed by atoms with E-state index in [-0.39, 0.29) is 19.1 Å². The van der Waals surface area contributed by atoms with Gasteiger partial charge in [-0.2, -0.15) is 0 Å². The first-order valence-electron chi connectivity index (χ1n) is 37.8. The first kappa shape index (κ1) is 84.9. The zero-order valence-electron chi connectivity index (χ0n) is 58.5. The first-order chi connectivity index (χ1) is 42.5. The van der Waals surface area contributed by atoms with E-state index in [1.54, 1.807) is 0 Å². The van der Waals surface area contributed by atoms with Gasteiger partial charge in [-0.3, -0.25) is 9.36 Å². The Morgan fingerprint density at radius 3 is 1.02 bits per heavy atom. The van der Waals surface area contributed by atoms with E-state index in [2.05, 4.69) is 92.1 Å². The summed E-state index contributed by atoms with van der Waals surface area (Å²) in [5.74, 6) is -0.159. The summed E-state index contributed by atoms with van der Waals surface area (Å²) < 4.78 is 23.6. The molecule has 0 saturated carbocycles. The van der Waals surface area contributed by atoms with Gasteiger partial charge < -0.3 is 28.8 Å². The number of hydrogen-bond donors (Lipinski definition) is 2. The molecule has 3 atom stereocenters. The number of unbranched alkanes of at least 4 members (excludes halogenated alkanes) is 45. The van der Waals surface area contributed by atoms with Crippen molar-refractivity contribution in [1.82, 2.24) is 5.32 Å². The maximum absolute atomic E-state index is 13.1. The number of quaternary nitrogens is 1. The molecule has 2 N–H and O–H groups in total. The van der Waals surface area contributed by atoms with E-state index in [1.807, 2.05) is 21.1 Å². The first-order valence-corrected chi connectivity index (χ1v) is 39.2. The number of nitrogens with zero attached hydrogens (tertiary/aromatic N) is 1. The number of phosphoric acid groups is 1. The van der Waals surface area contributed by atoms with Crippen LogP contribution in [0.25, 0.3) is 0 Å². The van der Waals surface area contributed by atoms with E-state index in [9.17, 15) is 19.4 Å². The maximum atomic E-state index is 13.1. The van der Waals surface area contributed by atoms with Crippen molar-refractivity contribution < 1.29 is 32.9 Å². The zero-order chi connectivity index (χ0) is 63.4. The molecule has 0 radical (unpaired) electrons. The molecule has 8 nitrogen and oxygen atoms in total. The van der Waals surface area contributed by atoms with E-state index in [0.717, 1.165) is 77.0 Å². The summed E-state index contributed by atoms with van der Waals surface area (Å²) in [5.41, 5.74) is 0. The highest BCUT2D eigenvalue weighted by atomic mass is 31.2. The lowest BCUT2D eigenvalue weighted by molar-refractivity contribution is -0.870. The Morgan fingerprint density at radius 2 is 0.701 bits per heavy atom. The van der Waals surface area contributed by atoms with Crippen molar-refractivity contribution in [1.29, 1.82) is 0 Å². The molecule has 0 aliphatic rings. The van der Waals surface area contributed by atoms with Crippen molar-refractivity contribution in [2.45, 2.75) is 379 Å². The van der Waals surface area contributed by atoms with Crippen LogP contribution in [-0.2, 0) is 18.4 Å². The molecule has 0 heterocycles. The minimum Gasteiger partial charge on any atom is -0.756 e. The van der Waals surface area contributed by atoms with Crippen LogP contribution in [0.2, 0.25) is 0 Å². The van der Waals surface area contributed by atoms with Gasteiger partial charge in [0.1, 0.15) is 13.2 Å². The quantitative estimate of drug-likeness (QED) is 0.0272. The van der Waals surface area contributed by atoms with E-state index >= 15 is 0 Å². The van der Waals surface area contributed by atoms with Gasteiger partial charge in [0.2, 0.25) is 5.91 Å². The molecule has 0 aliphatic carbocycles. The van der Waals surface area contributed by atoms with Gasteiger partial charge in [-0.1, -0.05) is 369 Å². The van der Waals surface area contributed by atoms with Gasteiger partial charge in [0.05, 0.1) is 39.9 Å². The number of likely N-dealkylation sites (N-methyl/N-ethyl adjacent to an activating group) is 1. The molecular formula is C78H147N2O6P. The largest absolute Gasteiger partial charge is 0.756 e. The summed E-state index contributed by atoms with van der Waals surface area (Å²) in [5, 5.41) is 14.1. The van der Waals surface area contributed by atoms with Crippen LogP contribution < -0.4 is 10.2 Å². The Labute approximate surface area is 542 Å². The summed E-state index contributed by atoms with van der Waals surface area (Å²) in [6, 6.07) is -0.804. The summed E-state index contributed by atoms with van der Waals surface area (Å²) in [7, 11) is 1.32. The summed E-state index contributed by atoms with van der Waals surface area (Å²) >= 11 is 0. The molecule has 510 valence electrons. The third-order valence-corrected chi connectivity index (χ3v) is 18.2. The SMILES string of the molecule is CC/C=C\C/C=C\C/C=C\C/C=C\C/C=C\C/C=C\CCCCCCCCCCCCCCCCCCCCC(=O)NC(COP(=O)([O-])OCC[N+](C)(C)C)C(O)CCCCCCCCCCCCCCCCCCCCCCCCCCCCCC. The average Bonchev–Trinajstić information content (AvgIpc) is 3.70. The van der Waals surface area contributed by atoms with Crippen molar-refractivity contribution in [3.05, 3.63) is 72.9 Å². The predicted octanol–water partition coefficient (Wildman–Crippen LogP) is 23.9. The molecule has 0 fully saturated rings. The van der Waals surface area contributed by atoms with Crippen LogP contribution in [0.3, 0.4) is 0 Å². The van der Waals surface area contributed by atoms with Crippen LogP contribution >= 0.6 is 7.82 Å². The third kappa shape index (κ3) is 71.2.